The molecule has 1 aromatic carbocycles. The van der Waals surface area contributed by atoms with Crippen molar-refractivity contribution in [2.75, 3.05) is 5.33 Å². The lowest BCUT2D eigenvalue weighted by Gasteiger charge is -2.10. The predicted octanol–water partition coefficient (Wildman–Crippen LogP) is 2.41. The summed E-state index contributed by atoms with van der Waals surface area (Å²) in [5.74, 6) is -2.21. The van der Waals surface area contributed by atoms with Gasteiger partial charge < -0.3 is 5.32 Å². The molecule has 0 aliphatic carbocycles. The Morgan fingerprint density at radius 2 is 2.19 bits per heavy atom. The molecule has 1 atom stereocenters. The molecular formula is C11H12BrF2NO. The molecule has 1 N–H and O–H groups in total. The van der Waals surface area contributed by atoms with E-state index in [0.29, 0.717) is 5.33 Å². The number of rotatable bonds is 4. The van der Waals surface area contributed by atoms with Crippen molar-refractivity contribution in [2.24, 2.45) is 0 Å². The summed E-state index contributed by atoms with van der Waals surface area (Å²) in [7, 11) is 0. The first-order valence-electron chi connectivity index (χ1n) is 4.82. The molecule has 0 aliphatic rings. The molecule has 0 radical (unpaired) electrons. The highest BCUT2D eigenvalue weighted by Gasteiger charge is 2.12. The lowest BCUT2D eigenvalue weighted by molar-refractivity contribution is -0.120. The number of benzene rings is 1. The summed E-state index contributed by atoms with van der Waals surface area (Å²) >= 11 is 3.21. The maximum absolute atomic E-state index is 13.2. The molecule has 0 heterocycles. The van der Waals surface area contributed by atoms with E-state index in [9.17, 15) is 13.6 Å². The number of amides is 1. The van der Waals surface area contributed by atoms with Gasteiger partial charge in [0, 0.05) is 16.9 Å². The lowest BCUT2D eigenvalue weighted by Crippen LogP contribution is -2.34. The SMILES string of the molecule is CC(CBr)NC(=O)Cc1cccc(F)c1F. The molecule has 0 saturated carbocycles. The Hall–Kier alpha value is -0.970. The van der Waals surface area contributed by atoms with Crippen LogP contribution < -0.4 is 5.32 Å². The fourth-order valence-electron chi connectivity index (χ4n) is 1.22. The molecule has 88 valence electrons. The summed E-state index contributed by atoms with van der Waals surface area (Å²) in [6.07, 6.45) is -0.152. The van der Waals surface area contributed by atoms with Crippen molar-refractivity contribution in [1.29, 1.82) is 0 Å². The van der Waals surface area contributed by atoms with Crippen LogP contribution in [0.1, 0.15) is 12.5 Å². The molecule has 0 saturated heterocycles. The van der Waals surface area contributed by atoms with Crippen molar-refractivity contribution >= 4 is 21.8 Å². The second kappa shape index (κ2) is 5.94. The molecule has 1 aromatic rings. The van der Waals surface area contributed by atoms with Gasteiger partial charge in [-0.25, -0.2) is 8.78 Å². The Morgan fingerprint density at radius 1 is 1.50 bits per heavy atom. The number of nitrogens with one attached hydrogen (secondary N) is 1. The molecule has 0 bridgehead atoms. The molecule has 2 nitrogen and oxygen atoms in total. The topological polar surface area (TPSA) is 29.1 Å². The van der Waals surface area contributed by atoms with Gasteiger partial charge in [-0.1, -0.05) is 28.1 Å². The number of alkyl halides is 1. The number of hydrogen-bond donors (Lipinski definition) is 1. The number of carbonyl (C=O) groups is 1. The van der Waals surface area contributed by atoms with Gasteiger partial charge in [0.2, 0.25) is 5.91 Å². The van der Waals surface area contributed by atoms with E-state index in [2.05, 4.69) is 21.2 Å². The fourth-order valence-corrected chi connectivity index (χ4v) is 1.38. The number of carbonyl (C=O) groups excluding carboxylic acids is 1. The van der Waals surface area contributed by atoms with Gasteiger partial charge in [0.15, 0.2) is 11.6 Å². The Bertz CT molecular complexity index is 384. The minimum absolute atomic E-state index is 0.0379. The number of halogens is 3. The van der Waals surface area contributed by atoms with E-state index < -0.39 is 11.6 Å². The average molecular weight is 292 g/mol. The van der Waals surface area contributed by atoms with Crippen molar-refractivity contribution in [1.82, 2.24) is 5.32 Å². The summed E-state index contributed by atoms with van der Waals surface area (Å²) in [5, 5.41) is 3.27. The maximum Gasteiger partial charge on any atom is 0.224 e. The molecule has 5 heteroatoms. The van der Waals surface area contributed by atoms with Crippen molar-refractivity contribution < 1.29 is 13.6 Å². The van der Waals surface area contributed by atoms with Gasteiger partial charge in [-0.2, -0.15) is 0 Å². The molecule has 0 aromatic heterocycles. The highest BCUT2D eigenvalue weighted by atomic mass is 79.9. The smallest absolute Gasteiger partial charge is 0.224 e. The van der Waals surface area contributed by atoms with E-state index in [-0.39, 0.29) is 23.9 Å². The zero-order valence-corrected chi connectivity index (χ0v) is 10.4. The van der Waals surface area contributed by atoms with E-state index in [0.717, 1.165) is 6.07 Å². The van der Waals surface area contributed by atoms with Crippen molar-refractivity contribution in [3.8, 4) is 0 Å². The van der Waals surface area contributed by atoms with Gasteiger partial charge in [-0.05, 0) is 13.0 Å². The van der Waals surface area contributed by atoms with E-state index in [1.807, 2.05) is 6.92 Å². The molecule has 0 fully saturated rings. The van der Waals surface area contributed by atoms with Gasteiger partial charge in [-0.15, -0.1) is 0 Å². The largest absolute Gasteiger partial charge is 0.353 e. The lowest BCUT2D eigenvalue weighted by atomic mass is 10.1. The highest BCUT2D eigenvalue weighted by Crippen LogP contribution is 2.11. The third kappa shape index (κ3) is 3.56. The van der Waals surface area contributed by atoms with Gasteiger partial charge in [0.25, 0.3) is 0 Å². The molecule has 16 heavy (non-hydrogen) atoms. The molecule has 1 amide bonds. The Kier molecular flexibility index (Phi) is 4.86. The summed E-state index contributed by atoms with van der Waals surface area (Å²) in [6, 6.07) is 3.77. The van der Waals surface area contributed by atoms with E-state index in [1.54, 1.807) is 0 Å². The zero-order valence-electron chi connectivity index (χ0n) is 8.77. The molecular weight excluding hydrogens is 280 g/mol. The summed E-state index contributed by atoms with van der Waals surface area (Å²) in [5.41, 5.74) is 0.0688. The van der Waals surface area contributed by atoms with Crippen LogP contribution in [0, 0.1) is 11.6 Å². The standard InChI is InChI=1S/C11H12BrF2NO/c1-7(6-12)15-10(16)5-8-3-2-4-9(13)11(8)14/h2-4,7H,5-6H2,1H3,(H,15,16). The van der Waals surface area contributed by atoms with Crippen molar-refractivity contribution in [2.45, 2.75) is 19.4 Å². The quantitative estimate of drug-likeness (QED) is 0.848. The Balaban J connectivity index is 2.66. The monoisotopic (exact) mass is 291 g/mol. The van der Waals surface area contributed by atoms with Crippen LogP contribution in [-0.4, -0.2) is 17.3 Å². The zero-order chi connectivity index (χ0) is 12.1. The first kappa shape index (κ1) is 13.1. The van der Waals surface area contributed by atoms with Gasteiger partial charge in [0.05, 0.1) is 6.42 Å². The van der Waals surface area contributed by atoms with Crippen LogP contribution in [0.15, 0.2) is 18.2 Å². The third-order valence-corrected chi connectivity index (χ3v) is 2.99. The number of hydrogen-bond acceptors (Lipinski definition) is 1. The van der Waals surface area contributed by atoms with E-state index in [1.165, 1.54) is 12.1 Å². The Labute approximate surface area is 101 Å². The highest BCUT2D eigenvalue weighted by molar-refractivity contribution is 9.09. The minimum atomic E-state index is -0.954. The van der Waals surface area contributed by atoms with Crippen LogP contribution in [0.5, 0.6) is 0 Å². The van der Waals surface area contributed by atoms with Crippen LogP contribution in [0.2, 0.25) is 0 Å². The van der Waals surface area contributed by atoms with Gasteiger partial charge in [-0.3, -0.25) is 4.79 Å². The van der Waals surface area contributed by atoms with E-state index >= 15 is 0 Å². The second-order valence-corrected chi connectivity index (χ2v) is 4.16. The summed E-state index contributed by atoms with van der Waals surface area (Å²) < 4.78 is 26.1. The van der Waals surface area contributed by atoms with Crippen LogP contribution in [0.3, 0.4) is 0 Å². The average Bonchev–Trinajstić information content (AvgIpc) is 2.24. The third-order valence-electron chi connectivity index (χ3n) is 2.02. The van der Waals surface area contributed by atoms with Gasteiger partial charge >= 0.3 is 0 Å². The predicted molar refractivity (Wildman–Crippen MR) is 61.5 cm³/mol. The van der Waals surface area contributed by atoms with Crippen LogP contribution in [-0.2, 0) is 11.2 Å². The van der Waals surface area contributed by atoms with E-state index in [4.69, 9.17) is 0 Å². The normalized spacial score (nSPS) is 12.2. The first-order valence-corrected chi connectivity index (χ1v) is 5.95. The summed E-state index contributed by atoms with van der Waals surface area (Å²) in [6.45, 7) is 1.81. The fraction of sp³-hybridized carbons (Fsp3) is 0.364. The van der Waals surface area contributed by atoms with Crippen LogP contribution in [0.4, 0.5) is 8.78 Å². The molecule has 0 spiro atoms. The minimum Gasteiger partial charge on any atom is -0.353 e. The molecule has 1 rings (SSSR count). The van der Waals surface area contributed by atoms with Crippen molar-refractivity contribution in [3.05, 3.63) is 35.4 Å². The molecule has 1 unspecified atom stereocenters. The maximum atomic E-state index is 13.2. The van der Waals surface area contributed by atoms with Crippen molar-refractivity contribution in [3.63, 3.8) is 0 Å². The first-order chi connectivity index (χ1) is 7.54. The second-order valence-electron chi connectivity index (χ2n) is 3.51. The Morgan fingerprint density at radius 3 is 2.81 bits per heavy atom. The molecule has 0 aliphatic heterocycles. The summed E-state index contributed by atoms with van der Waals surface area (Å²) in [4.78, 5) is 11.4. The van der Waals surface area contributed by atoms with Crippen LogP contribution >= 0.6 is 15.9 Å². The van der Waals surface area contributed by atoms with Crippen LogP contribution in [0.25, 0.3) is 0 Å². The van der Waals surface area contributed by atoms with Gasteiger partial charge in [0.1, 0.15) is 0 Å².